The second-order valence-corrected chi connectivity index (χ2v) is 6.00. The molecule has 0 bridgehead atoms. The Hall–Kier alpha value is -2.53. The van der Waals surface area contributed by atoms with Crippen molar-refractivity contribution < 1.29 is 19.1 Å². The van der Waals surface area contributed by atoms with Gasteiger partial charge in [-0.25, -0.2) is 4.79 Å². The van der Waals surface area contributed by atoms with Gasteiger partial charge in [0.2, 0.25) is 0 Å². The zero-order chi connectivity index (χ0) is 18.4. The first kappa shape index (κ1) is 18.8. The van der Waals surface area contributed by atoms with Crippen molar-refractivity contribution in [3.05, 3.63) is 59.1 Å². The van der Waals surface area contributed by atoms with Crippen molar-refractivity contribution >= 4 is 29.2 Å². The lowest BCUT2D eigenvalue weighted by atomic mass is 10.2. The Morgan fingerprint density at radius 2 is 1.84 bits per heavy atom. The first-order chi connectivity index (χ1) is 11.9. The summed E-state index contributed by atoms with van der Waals surface area (Å²) in [5.41, 5.74) is 1.54. The van der Waals surface area contributed by atoms with Gasteiger partial charge in [-0.15, -0.1) is 0 Å². The number of likely N-dealkylation sites (N-methyl/N-ethyl adjacent to an activating group) is 1. The van der Waals surface area contributed by atoms with Crippen LogP contribution in [0.5, 0.6) is 5.75 Å². The van der Waals surface area contributed by atoms with Crippen molar-refractivity contribution in [3.63, 3.8) is 0 Å². The second kappa shape index (κ2) is 8.53. The van der Waals surface area contributed by atoms with Crippen LogP contribution in [0, 0.1) is 6.92 Å². The van der Waals surface area contributed by atoms with Crippen LogP contribution in [0.4, 0.5) is 5.69 Å². The molecule has 0 fully saturated rings. The maximum atomic E-state index is 12.3. The van der Waals surface area contributed by atoms with E-state index >= 15 is 0 Å². The number of para-hydroxylation sites is 1. The Labute approximate surface area is 152 Å². The first-order valence-electron chi connectivity index (χ1n) is 7.79. The maximum absolute atomic E-state index is 12.3. The minimum atomic E-state index is -0.910. The number of carbonyl (C=O) groups excluding carboxylic acids is 2. The van der Waals surface area contributed by atoms with E-state index in [1.165, 1.54) is 11.8 Å². The number of nitrogens with zero attached hydrogens (tertiary/aromatic N) is 1. The molecule has 25 heavy (non-hydrogen) atoms. The summed E-state index contributed by atoms with van der Waals surface area (Å²) in [6, 6.07) is 14.2. The van der Waals surface area contributed by atoms with Crippen molar-refractivity contribution in [1.29, 1.82) is 0 Å². The summed E-state index contributed by atoms with van der Waals surface area (Å²) in [5, 5.41) is 0.593. The van der Waals surface area contributed by atoms with Crippen LogP contribution in [-0.4, -0.2) is 31.6 Å². The molecule has 0 aliphatic carbocycles. The largest absolute Gasteiger partial charge is 0.482 e. The molecular weight excluding hydrogens is 342 g/mol. The molecule has 132 valence electrons. The van der Waals surface area contributed by atoms with E-state index in [0.29, 0.717) is 10.8 Å². The van der Waals surface area contributed by atoms with E-state index in [1.54, 1.807) is 37.4 Å². The van der Waals surface area contributed by atoms with E-state index in [1.807, 2.05) is 25.1 Å². The average Bonchev–Trinajstić information content (AvgIpc) is 2.60. The number of anilines is 1. The zero-order valence-electron chi connectivity index (χ0n) is 14.4. The fraction of sp³-hybridized carbons (Fsp3) is 0.263. The average molecular weight is 362 g/mol. The van der Waals surface area contributed by atoms with E-state index in [-0.39, 0.29) is 12.5 Å². The SMILES string of the molecule is Cc1cc(Cl)ccc1OCC(=O)O[C@H](C)C(=O)N(C)c1ccccc1. The summed E-state index contributed by atoms with van der Waals surface area (Å²) in [6.07, 6.45) is -0.910. The summed E-state index contributed by atoms with van der Waals surface area (Å²) in [6.45, 7) is 3.08. The molecule has 6 heteroatoms. The Balaban J connectivity index is 1.88. The molecule has 0 spiro atoms. The van der Waals surface area contributed by atoms with E-state index in [0.717, 1.165) is 11.3 Å². The highest BCUT2D eigenvalue weighted by Crippen LogP contribution is 2.21. The summed E-state index contributed by atoms with van der Waals surface area (Å²) < 4.78 is 10.6. The molecule has 0 aliphatic heterocycles. The summed E-state index contributed by atoms with van der Waals surface area (Å²) in [4.78, 5) is 25.7. The van der Waals surface area contributed by atoms with Crippen LogP contribution in [-0.2, 0) is 14.3 Å². The summed E-state index contributed by atoms with van der Waals surface area (Å²) >= 11 is 5.87. The number of rotatable bonds is 6. The van der Waals surface area contributed by atoms with Crippen LogP contribution < -0.4 is 9.64 Å². The minimum Gasteiger partial charge on any atom is -0.482 e. The molecule has 0 aromatic heterocycles. The van der Waals surface area contributed by atoms with E-state index in [4.69, 9.17) is 21.1 Å². The Bertz CT molecular complexity index is 748. The number of esters is 1. The van der Waals surface area contributed by atoms with Gasteiger partial charge >= 0.3 is 5.97 Å². The third-order valence-corrected chi connectivity index (χ3v) is 3.85. The molecule has 5 nitrogen and oxygen atoms in total. The topological polar surface area (TPSA) is 55.8 Å². The van der Waals surface area contributed by atoms with Gasteiger partial charge in [0.25, 0.3) is 5.91 Å². The van der Waals surface area contributed by atoms with Gasteiger partial charge in [-0.3, -0.25) is 4.79 Å². The fourth-order valence-electron chi connectivity index (χ4n) is 2.24. The normalized spacial score (nSPS) is 11.5. The summed E-state index contributed by atoms with van der Waals surface area (Å²) in [7, 11) is 1.63. The number of hydrogen-bond acceptors (Lipinski definition) is 4. The predicted molar refractivity (Wildman–Crippen MR) is 97.1 cm³/mol. The van der Waals surface area contributed by atoms with Crippen LogP contribution in [0.3, 0.4) is 0 Å². The Kier molecular flexibility index (Phi) is 6.42. The molecule has 1 amide bonds. The summed E-state index contributed by atoms with van der Waals surface area (Å²) in [5.74, 6) is -0.388. The second-order valence-electron chi connectivity index (χ2n) is 5.56. The fourth-order valence-corrected chi connectivity index (χ4v) is 2.47. The van der Waals surface area contributed by atoms with E-state index < -0.39 is 12.1 Å². The van der Waals surface area contributed by atoms with Gasteiger partial charge in [-0.05, 0) is 49.7 Å². The number of aryl methyl sites for hydroxylation is 1. The highest BCUT2D eigenvalue weighted by molar-refractivity contribution is 6.30. The molecule has 0 N–H and O–H groups in total. The molecule has 0 saturated heterocycles. The van der Waals surface area contributed by atoms with Gasteiger partial charge in [0, 0.05) is 17.8 Å². The lowest BCUT2D eigenvalue weighted by Crippen LogP contribution is -2.38. The molecule has 1 atom stereocenters. The standard InChI is InChI=1S/C19H20ClNO4/c1-13-11-15(20)9-10-17(13)24-12-18(22)25-14(2)19(23)21(3)16-7-5-4-6-8-16/h4-11,14H,12H2,1-3H3/t14-/m1/s1. The molecule has 0 aliphatic rings. The lowest BCUT2D eigenvalue weighted by molar-refractivity contribution is -0.155. The van der Waals surface area contributed by atoms with Crippen LogP contribution in [0.25, 0.3) is 0 Å². The van der Waals surface area contributed by atoms with E-state index in [2.05, 4.69) is 0 Å². The molecule has 0 saturated carbocycles. The molecular formula is C19H20ClNO4. The molecule has 2 aromatic carbocycles. The van der Waals surface area contributed by atoms with Gasteiger partial charge in [0.05, 0.1) is 0 Å². The molecule has 2 rings (SSSR count). The number of hydrogen-bond donors (Lipinski definition) is 0. The van der Waals surface area contributed by atoms with E-state index in [9.17, 15) is 9.59 Å². The number of amides is 1. The first-order valence-corrected chi connectivity index (χ1v) is 8.17. The highest BCUT2D eigenvalue weighted by Gasteiger charge is 2.22. The van der Waals surface area contributed by atoms with Crippen LogP contribution in [0.2, 0.25) is 5.02 Å². The van der Waals surface area contributed by atoms with Crippen LogP contribution in [0.1, 0.15) is 12.5 Å². The smallest absolute Gasteiger partial charge is 0.344 e. The molecule has 0 heterocycles. The van der Waals surface area contributed by atoms with Crippen molar-refractivity contribution in [2.45, 2.75) is 20.0 Å². The quantitative estimate of drug-likeness (QED) is 0.737. The van der Waals surface area contributed by atoms with Crippen molar-refractivity contribution in [3.8, 4) is 5.75 Å². The Morgan fingerprint density at radius 1 is 1.16 bits per heavy atom. The number of benzene rings is 2. The third-order valence-electron chi connectivity index (χ3n) is 3.61. The van der Waals surface area contributed by atoms with Gasteiger partial charge in [-0.1, -0.05) is 29.8 Å². The Morgan fingerprint density at radius 3 is 2.48 bits per heavy atom. The van der Waals surface area contributed by atoms with Crippen molar-refractivity contribution in [2.24, 2.45) is 0 Å². The van der Waals surface area contributed by atoms with Gasteiger partial charge in [0.15, 0.2) is 12.7 Å². The monoisotopic (exact) mass is 361 g/mol. The lowest BCUT2D eigenvalue weighted by Gasteiger charge is -2.21. The van der Waals surface area contributed by atoms with Gasteiger partial charge in [0.1, 0.15) is 5.75 Å². The maximum Gasteiger partial charge on any atom is 0.344 e. The predicted octanol–water partition coefficient (Wildman–Crippen LogP) is 3.62. The third kappa shape index (κ3) is 5.22. The molecule has 2 aromatic rings. The highest BCUT2D eigenvalue weighted by atomic mass is 35.5. The zero-order valence-corrected chi connectivity index (χ0v) is 15.1. The molecule has 0 radical (unpaired) electrons. The number of halogens is 1. The van der Waals surface area contributed by atoms with Crippen LogP contribution in [0.15, 0.2) is 48.5 Å². The minimum absolute atomic E-state index is 0.283. The molecule has 0 unspecified atom stereocenters. The number of carbonyl (C=O) groups is 2. The van der Waals surface area contributed by atoms with Gasteiger partial charge in [-0.2, -0.15) is 0 Å². The van der Waals surface area contributed by atoms with Gasteiger partial charge < -0.3 is 14.4 Å². The van der Waals surface area contributed by atoms with Crippen LogP contribution >= 0.6 is 11.6 Å². The van der Waals surface area contributed by atoms with Crippen molar-refractivity contribution in [1.82, 2.24) is 0 Å². The number of ether oxygens (including phenoxy) is 2. The van der Waals surface area contributed by atoms with Crippen molar-refractivity contribution in [2.75, 3.05) is 18.6 Å².